The molecule has 4 heteroatoms. The first-order valence-electron chi connectivity index (χ1n) is 3.36. The normalized spacial score (nSPS) is 16.3. The van der Waals surface area contributed by atoms with Gasteiger partial charge in [-0.25, -0.2) is 0 Å². The van der Waals surface area contributed by atoms with E-state index >= 15 is 0 Å². The number of fused-ring (bicyclic) bond motifs is 1. The molecular formula is C9H7Br3Zr. The topological polar surface area (TPSA) is 0 Å². The first-order chi connectivity index (χ1) is 4.88. The van der Waals surface area contributed by atoms with E-state index in [2.05, 4.69) is 36.4 Å². The van der Waals surface area contributed by atoms with Crippen molar-refractivity contribution in [3.8, 4) is 0 Å². The molecule has 0 aromatic heterocycles. The summed E-state index contributed by atoms with van der Waals surface area (Å²) in [6.07, 6.45) is 4.50. The average molecular weight is 446 g/mol. The molecule has 0 bridgehead atoms. The molecule has 1 atom stereocenters. The van der Waals surface area contributed by atoms with E-state index in [1.807, 2.05) is 0 Å². The quantitative estimate of drug-likeness (QED) is 0.372. The van der Waals surface area contributed by atoms with Gasteiger partial charge >= 0.3 is 75.9 Å². The Bertz CT molecular complexity index is 286. The number of allylic oxidation sites excluding steroid dienone is 1. The van der Waals surface area contributed by atoms with Crippen molar-refractivity contribution >= 4 is 6.08 Å². The van der Waals surface area contributed by atoms with Crippen LogP contribution in [0, 0.1) is 0 Å². The Balaban J connectivity index is 0. The number of halogens is 3. The summed E-state index contributed by atoms with van der Waals surface area (Å²) in [5, 5.41) is 0. The third kappa shape index (κ3) is 3.73. The first kappa shape index (κ1) is 16.7. The van der Waals surface area contributed by atoms with E-state index in [-0.39, 0.29) is 50.9 Å². The molecule has 1 aliphatic carbocycles. The fourth-order valence-electron chi connectivity index (χ4n) is 1.25. The van der Waals surface area contributed by atoms with Gasteiger partial charge in [-0.3, -0.25) is 0 Å². The maximum atomic E-state index is 2.28. The standard InChI is InChI=1S/C9H7.3BrH.Zr/c1-2-5-9-7-3-6-8(9)4-1;;;;/h1-7H;3*1H;/q;;;;+3/p-3. The summed E-state index contributed by atoms with van der Waals surface area (Å²) in [7, 11) is 0. The van der Waals surface area contributed by atoms with Crippen LogP contribution in [0.3, 0.4) is 0 Å². The molecule has 0 heterocycles. The molecule has 1 aliphatic rings. The second-order valence-electron chi connectivity index (χ2n) is 2.47. The molecule has 0 saturated carbocycles. The summed E-state index contributed by atoms with van der Waals surface area (Å²) in [6, 6.07) is 8.60. The zero-order chi connectivity index (χ0) is 6.97. The van der Waals surface area contributed by atoms with Crippen molar-refractivity contribution in [2.75, 3.05) is 0 Å². The summed E-state index contributed by atoms with van der Waals surface area (Å²) in [6.45, 7) is 0. The Morgan fingerprint density at radius 2 is 1.62 bits per heavy atom. The predicted molar refractivity (Wildman–Crippen MR) is 38.2 cm³/mol. The molecule has 2 rings (SSSR count). The van der Waals surface area contributed by atoms with Crippen LogP contribution in [0.15, 0.2) is 30.3 Å². The molecule has 0 spiro atoms. The van der Waals surface area contributed by atoms with Gasteiger partial charge in [0.2, 0.25) is 0 Å². The van der Waals surface area contributed by atoms with Gasteiger partial charge in [-0.2, -0.15) is 0 Å². The van der Waals surface area contributed by atoms with Crippen molar-refractivity contribution in [3.05, 3.63) is 41.5 Å². The first-order valence-corrected chi connectivity index (χ1v) is 4.78. The van der Waals surface area contributed by atoms with Crippen LogP contribution in [0.4, 0.5) is 0 Å². The Labute approximate surface area is 125 Å². The van der Waals surface area contributed by atoms with Gasteiger partial charge in [-0.15, -0.1) is 0 Å². The molecule has 1 aromatic carbocycles. The van der Waals surface area contributed by atoms with E-state index in [0.29, 0.717) is 3.63 Å². The molecule has 0 nitrogen and oxygen atoms in total. The van der Waals surface area contributed by atoms with Gasteiger partial charge in [-0.1, -0.05) is 0 Å². The summed E-state index contributed by atoms with van der Waals surface area (Å²) in [5.74, 6) is 0. The Morgan fingerprint density at radius 3 is 2.23 bits per heavy atom. The molecule has 0 fully saturated rings. The summed E-state index contributed by atoms with van der Waals surface area (Å²) < 4.78 is 0.711. The molecular weight excluding hydrogens is 439 g/mol. The van der Waals surface area contributed by atoms with Gasteiger partial charge in [0.25, 0.3) is 0 Å². The van der Waals surface area contributed by atoms with Crippen molar-refractivity contribution in [2.45, 2.75) is 3.63 Å². The van der Waals surface area contributed by atoms with E-state index in [4.69, 9.17) is 0 Å². The summed E-state index contributed by atoms with van der Waals surface area (Å²) in [4.78, 5) is 0. The molecule has 1 aromatic rings. The maximum absolute atomic E-state index is 2.28. The van der Waals surface area contributed by atoms with E-state index in [1.54, 1.807) is 24.7 Å². The monoisotopic (exact) mass is 442 g/mol. The van der Waals surface area contributed by atoms with Crippen molar-refractivity contribution in [1.29, 1.82) is 0 Å². The second kappa shape index (κ2) is 7.56. The van der Waals surface area contributed by atoms with E-state index < -0.39 is 0 Å². The zero-order valence-electron chi connectivity index (χ0n) is 6.68. The molecule has 0 amide bonds. The van der Waals surface area contributed by atoms with E-state index in [1.165, 1.54) is 11.1 Å². The van der Waals surface area contributed by atoms with Crippen molar-refractivity contribution < 1.29 is 75.7 Å². The van der Waals surface area contributed by atoms with Crippen molar-refractivity contribution in [1.82, 2.24) is 0 Å². The van der Waals surface area contributed by atoms with Gasteiger partial charge < -0.3 is 50.9 Å². The average Bonchev–Trinajstić information content (AvgIpc) is 2.34. The van der Waals surface area contributed by atoms with Gasteiger partial charge in [0.05, 0.1) is 0 Å². The fraction of sp³-hybridized carbons (Fsp3) is 0.111. The molecule has 0 saturated heterocycles. The van der Waals surface area contributed by atoms with Gasteiger partial charge in [0.15, 0.2) is 0 Å². The fourth-order valence-corrected chi connectivity index (χ4v) is 2.13. The zero-order valence-corrected chi connectivity index (χ0v) is 13.9. The molecule has 68 valence electrons. The minimum atomic E-state index is 0. The van der Waals surface area contributed by atoms with Gasteiger partial charge in [0.1, 0.15) is 0 Å². The van der Waals surface area contributed by atoms with Crippen molar-refractivity contribution in [3.63, 3.8) is 0 Å². The Hall–Kier alpha value is 1.28. The number of benzene rings is 1. The van der Waals surface area contributed by atoms with Crippen LogP contribution in [0.1, 0.15) is 14.8 Å². The third-order valence-corrected chi connectivity index (χ3v) is 3.04. The number of rotatable bonds is 0. The van der Waals surface area contributed by atoms with Crippen molar-refractivity contribution in [2.24, 2.45) is 0 Å². The van der Waals surface area contributed by atoms with Crippen LogP contribution in [0.25, 0.3) is 6.08 Å². The molecule has 13 heavy (non-hydrogen) atoms. The number of hydrogen-bond donors (Lipinski definition) is 0. The van der Waals surface area contributed by atoms with Crippen LogP contribution in [-0.4, -0.2) is 0 Å². The van der Waals surface area contributed by atoms with Crippen LogP contribution < -0.4 is 50.9 Å². The predicted octanol–water partition coefficient (Wildman–Crippen LogP) is -6.69. The van der Waals surface area contributed by atoms with E-state index in [9.17, 15) is 0 Å². The Morgan fingerprint density at radius 1 is 1.00 bits per heavy atom. The van der Waals surface area contributed by atoms with Crippen LogP contribution in [0.5, 0.6) is 0 Å². The molecule has 0 aliphatic heterocycles. The van der Waals surface area contributed by atoms with Gasteiger partial charge in [0, 0.05) is 0 Å². The minimum absolute atomic E-state index is 0. The SMILES string of the molecule is [Br-].[Br-].[Br-].[Zr+3][CH]1C=Cc2ccccc21. The third-order valence-electron chi connectivity index (χ3n) is 1.80. The number of hydrogen-bond acceptors (Lipinski definition) is 0. The van der Waals surface area contributed by atoms with Crippen LogP contribution in [0.2, 0.25) is 0 Å². The summed E-state index contributed by atoms with van der Waals surface area (Å²) in [5.41, 5.74) is 2.91. The summed E-state index contributed by atoms with van der Waals surface area (Å²) >= 11 is 1.59. The molecule has 1 unspecified atom stereocenters. The Kier molecular flexibility index (Phi) is 9.71. The second-order valence-corrected chi connectivity index (χ2v) is 3.99. The van der Waals surface area contributed by atoms with E-state index in [0.717, 1.165) is 0 Å². The molecule has 0 N–H and O–H groups in total. The van der Waals surface area contributed by atoms with Gasteiger partial charge in [-0.05, 0) is 0 Å². The van der Waals surface area contributed by atoms with Crippen LogP contribution in [-0.2, 0) is 24.7 Å². The molecule has 0 radical (unpaired) electrons. The van der Waals surface area contributed by atoms with Crippen LogP contribution >= 0.6 is 0 Å².